The van der Waals surface area contributed by atoms with Gasteiger partial charge in [0.2, 0.25) is 5.91 Å². The molecule has 2 saturated heterocycles. The fourth-order valence-corrected chi connectivity index (χ4v) is 3.41. The van der Waals surface area contributed by atoms with Crippen LogP contribution < -0.4 is 5.32 Å². The molecule has 3 rings (SSSR count). The fourth-order valence-electron chi connectivity index (χ4n) is 3.41. The molecule has 3 atom stereocenters. The highest BCUT2D eigenvalue weighted by Gasteiger charge is 2.64. The first-order chi connectivity index (χ1) is 7.57. The molecule has 1 aliphatic carbocycles. The van der Waals surface area contributed by atoms with Crippen molar-refractivity contribution in [2.45, 2.75) is 69.5 Å². The van der Waals surface area contributed by atoms with Crippen LogP contribution in [-0.2, 0) is 14.3 Å². The number of carbonyl (C=O) groups is 1. The molecule has 4 heteroatoms. The smallest absolute Gasteiger partial charge is 0.220 e. The molecule has 1 saturated carbocycles. The minimum atomic E-state index is -0.544. The Hall–Kier alpha value is -0.610. The van der Waals surface area contributed by atoms with Gasteiger partial charge in [0.1, 0.15) is 0 Å². The molecule has 2 heterocycles. The van der Waals surface area contributed by atoms with E-state index in [9.17, 15) is 4.79 Å². The van der Waals surface area contributed by atoms with Gasteiger partial charge in [0.25, 0.3) is 0 Å². The maximum absolute atomic E-state index is 11.5. The first kappa shape index (κ1) is 10.5. The van der Waals surface area contributed by atoms with Crippen LogP contribution in [0, 0.1) is 0 Å². The highest BCUT2D eigenvalue weighted by molar-refractivity contribution is 5.79. The number of nitrogens with one attached hydrogen (secondary N) is 1. The van der Waals surface area contributed by atoms with Crippen molar-refractivity contribution in [2.24, 2.45) is 0 Å². The summed E-state index contributed by atoms with van der Waals surface area (Å²) < 4.78 is 12.1. The van der Waals surface area contributed by atoms with Crippen molar-refractivity contribution in [1.82, 2.24) is 5.32 Å². The van der Waals surface area contributed by atoms with Crippen molar-refractivity contribution < 1.29 is 14.3 Å². The second-order valence-electron chi connectivity index (χ2n) is 5.38. The van der Waals surface area contributed by atoms with Crippen molar-refractivity contribution in [2.75, 3.05) is 0 Å². The molecule has 3 aliphatic rings. The van der Waals surface area contributed by atoms with Crippen molar-refractivity contribution in [3.63, 3.8) is 0 Å². The minimum absolute atomic E-state index is 0.118. The van der Waals surface area contributed by atoms with E-state index >= 15 is 0 Å². The predicted molar refractivity (Wildman–Crippen MR) is 57.8 cm³/mol. The zero-order chi connectivity index (χ0) is 11.4. The summed E-state index contributed by atoms with van der Waals surface area (Å²) in [5, 5.41) is 3.11. The van der Waals surface area contributed by atoms with E-state index < -0.39 is 5.79 Å². The predicted octanol–water partition coefficient (Wildman–Crippen LogP) is 1.34. The van der Waals surface area contributed by atoms with Gasteiger partial charge in [-0.1, -0.05) is 0 Å². The summed E-state index contributed by atoms with van der Waals surface area (Å²) in [4.78, 5) is 11.5. The molecular weight excluding hydrogens is 206 g/mol. The minimum Gasteiger partial charge on any atom is -0.345 e. The van der Waals surface area contributed by atoms with E-state index in [2.05, 4.69) is 5.32 Å². The number of carbonyl (C=O) groups excluding carboxylic acids is 1. The topological polar surface area (TPSA) is 47.6 Å². The van der Waals surface area contributed by atoms with E-state index in [1.807, 2.05) is 13.8 Å². The number of rotatable bonds is 0. The molecule has 0 bridgehead atoms. The van der Waals surface area contributed by atoms with E-state index in [4.69, 9.17) is 9.47 Å². The highest BCUT2D eigenvalue weighted by Crippen LogP contribution is 2.51. The number of fused-ring (bicyclic) bond motifs is 1. The lowest BCUT2D eigenvalue weighted by Gasteiger charge is -2.39. The molecule has 3 fully saturated rings. The molecule has 1 N–H and O–H groups in total. The molecule has 2 aliphatic heterocycles. The number of amides is 1. The Labute approximate surface area is 95.7 Å². The molecule has 4 nitrogen and oxygen atoms in total. The standard InChI is InChI=1S/C12H19NO3/c1-8-9(2)16-12(15-8)6-3-5-11(12)7-4-10(14)13-11/h8-9H,3-7H2,1-2H3,(H,13,14)/t8-,9-,11-/m1/s1. The van der Waals surface area contributed by atoms with Gasteiger partial charge < -0.3 is 14.8 Å². The van der Waals surface area contributed by atoms with Crippen LogP contribution in [-0.4, -0.2) is 29.4 Å². The summed E-state index contributed by atoms with van der Waals surface area (Å²) in [6.45, 7) is 4.09. The van der Waals surface area contributed by atoms with Crippen LogP contribution in [0.2, 0.25) is 0 Å². The third kappa shape index (κ3) is 1.20. The van der Waals surface area contributed by atoms with E-state index in [0.717, 1.165) is 25.7 Å². The molecule has 0 aromatic heterocycles. The Morgan fingerprint density at radius 3 is 2.44 bits per heavy atom. The Kier molecular flexibility index (Phi) is 2.11. The van der Waals surface area contributed by atoms with Crippen molar-refractivity contribution in [3.8, 4) is 0 Å². The lowest BCUT2D eigenvalue weighted by Crippen LogP contribution is -2.58. The van der Waals surface area contributed by atoms with E-state index in [-0.39, 0.29) is 23.7 Å². The van der Waals surface area contributed by atoms with Crippen molar-refractivity contribution in [3.05, 3.63) is 0 Å². The normalized spacial score (nSPS) is 45.8. The monoisotopic (exact) mass is 225 g/mol. The van der Waals surface area contributed by atoms with Gasteiger partial charge in [0.15, 0.2) is 5.79 Å². The first-order valence-corrected chi connectivity index (χ1v) is 6.24. The molecule has 0 radical (unpaired) electrons. The third-order valence-electron chi connectivity index (χ3n) is 4.41. The van der Waals surface area contributed by atoms with E-state index in [0.29, 0.717) is 6.42 Å². The highest BCUT2D eigenvalue weighted by atomic mass is 16.8. The molecule has 90 valence electrons. The van der Waals surface area contributed by atoms with Crippen LogP contribution in [0.3, 0.4) is 0 Å². The van der Waals surface area contributed by atoms with E-state index in [1.54, 1.807) is 0 Å². The molecule has 2 spiro atoms. The van der Waals surface area contributed by atoms with Crippen LogP contribution in [0.25, 0.3) is 0 Å². The molecule has 1 amide bonds. The average Bonchev–Trinajstić information content (AvgIpc) is 2.82. The number of hydrogen-bond donors (Lipinski definition) is 1. The van der Waals surface area contributed by atoms with Gasteiger partial charge in [-0.25, -0.2) is 0 Å². The van der Waals surface area contributed by atoms with Gasteiger partial charge in [-0.3, -0.25) is 4.79 Å². The van der Waals surface area contributed by atoms with E-state index in [1.165, 1.54) is 0 Å². The van der Waals surface area contributed by atoms with Gasteiger partial charge in [0.05, 0.1) is 17.7 Å². The van der Waals surface area contributed by atoms with Gasteiger partial charge in [-0.15, -0.1) is 0 Å². The largest absolute Gasteiger partial charge is 0.345 e. The Morgan fingerprint density at radius 1 is 1.19 bits per heavy atom. The van der Waals surface area contributed by atoms with Crippen molar-refractivity contribution >= 4 is 5.91 Å². The SMILES string of the molecule is C[C@H]1OC2(CCC[C@@]23CCC(=O)N3)O[C@@H]1C. The molecular formula is C12H19NO3. The lowest BCUT2D eigenvalue weighted by molar-refractivity contribution is -0.209. The quantitative estimate of drug-likeness (QED) is 0.676. The Balaban J connectivity index is 1.92. The first-order valence-electron chi connectivity index (χ1n) is 6.24. The average molecular weight is 225 g/mol. The van der Waals surface area contributed by atoms with Crippen LogP contribution in [0.15, 0.2) is 0 Å². The Morgan fingerprint density at radius 2 is 1.88 bits per heavy atom. The van der Waals surface area contributed by atoms with Gasteiger partial charge >= 0.3 is 0 Å². The zero-order valence-corrected chi connectivity index (χ0v) is 9.91. The summed E-state index contributed by atoms with van der Waals surface area (Å²) in [7, 11) is 0. The maximum Gasteiger partial charge on any atom is 0.220 e. The molecule has 0 aromatic rings. The van der Waals surface area contributed by atoms with Crippen LogP contribution in [0.4, 0.5) is 0 Å². The summed E-state index contributed by atoms with van der Waals surface area (Å²) >= 11 is 0. The third-order valence-corrected chi connectivity index (χ3v) is 4.41. The summed E-state index contributed by atoms with van der Waals surface area (Å²) in [6, 6.07) is 0. The van der Waals surface area contributed by atoms with Crippen LogP contribution in [0.5, 0.6) is 0 Å². The molecule has 0 unspecified atom stereocenters. The maximum atomic E-state index is 11.5. The summed E-state index contributed by atoms with van der Waals surface area (Å²) in [5.74, 6) is -0.404. The van der Waals surface area contributed by atoms with Gasteiger partial charge in [-0.2, -0.15) is 0 Å². The van der Waals surface area contributed by atoms with Crippen LogP contribution in [0.1, 0.15) is 46.0 Å². The molecule has 16 heavy (non-hydrogen) atoms. The van der Waals surface area contributed by atoms with Crippen molar-refractivity contribution in [1.29, 1.82) is 0 Å². The van der Waals surface area contributed by atoms with Gasteiger partial charge in [0, 0.05) is 12.8 Å². The number of ether oxygens (including phenoxy) is 2. The number of hydrogen-bond acceptors (Lipinski definition) is 3. The second-order valence-corrected chi connectivity index (χ2v) is 5.38. The van der Waals surface area contributed by atoms with Gasteiger partial charge in [-0.05, 0) is 33.1 Å². The molecule has 0 aromatic carbocycles. The fraction of sp³-hybridized carbons (Fsp3) is 0.917. The van der Waals surface area contributed by atoms with Crippen LogP contribution >= 0.6 is 0 Å². The summed E-state index contributed by atoms with van der Waals surface area (Å²) in [6.07, 6.45) is 4.66. The zero-order valence-electron chi connectivity index (χ0n) is 9.91. The second kappa shape index (κ2) is 3.20. The summed E-state index contributed by atoms with van der Waals surface area (Å²) in [5.41, 5.74) is -0.247. The lowest BCUT2D eigenvalue weighted by atomic mass is 9.90. The Bertz CT molecular complexity index is 320.